The van der Waals surface area contributed by atoms with Crippen LogP contribution in [0.5, 0.6) is 0 Å². The van der Waals surface area contributed by atoms with Crippen molar-refractivity contribution in [1.29, 1.82) is 0 Å². The summed E-state index contributed by atoms with van der Waals surface area (Å²) in [7, 11) is 0. The minimum absolute atomic E-state index is 0.677. The lowest BCUT2D eigenvalue weighted by atomic mass is 10.2. The normalized spacial score (nSPS) is 15.2. The van der Waals surface area contributed by atoms with Gasteiger partial charge >= 0.3 is 0 Å². The third-order valence-corrected chi connectivity index (χ3v) is 8.90. The first-order valence-electron chi connectivity index (χ1n) is 12.9. The topological polar surface area (TPSA) is 70.3 Å². The predicted molar refractivity (Wildman–Crippen MR) is 161 cm³/mol. The molecule has 0 saturated carbocycles. The lowest BCUT2D eigenvalue weighted by Crippen LogP contribution is -2.47. The summed E-state index contributed by atoms with van der Waals surface area (Å²) in [5, 5.41) is 7.35. The summed E-state index contributed by atoms with van der Waals surface area (Å²) < 4.78 is 0. The minimum Gasteiger partial charge on any atom is -0.369 e. The van der Waals surface area contributed by atoms with E-state index in [0.717, 1.165) is 81.9 Å². The van der Waals surface area contributed by atoms with E-state index in [2.05, 4.69) is 50.8 Å². The van der Waals surface area contributed by atoms with Crippen LogP contribution in [0.1, 0.15) is 23.5 Å². The van der Waals surface area contributed by atoms with Crippen molar-refractivity contribution in [2.24, 2.45) is 5.73 Å². The summed E-state index contributed by atoms with van der Waals surface area (Å²) in [6, 6.07) is 14.4. The van der Waals surface area contributed by atoms with Crippen molar-refractivity contribution in [1.82, 2.24) is 19.8 Å². The van der Waals surface area contributed by atoms with E-state index in [1.165, 1.54) is 14.6 Å². The van der Waals surface area contributed by atoms with Crippen molar-refractivity contribution in [3.05, 3.63) is 63.6 Å². The van der Waals surface area contributed by atoms with Crippen molar-refractivity contribution in [2.45, 2.75) is 12.8 Å². The third kappa shape index (κ3) is 7.16. The summed E-state index contributed by atoms with van der Waals surface area (Å²) in [5.74, 6) is 1.54. The van der Waals surface area contributed by atoms with Crippen LogP contribution in [0.15, 0.2) is 47.8 Å². The number of hydrogen-bond acceptors (Lipinski definition) is 8. The molecule has 1 aliphatic heterocycles. The van der Waals surface area contributed by atoms with Crippen LogP contribution in [0, 0.1) is 0 Å². The molecule has 1 aliphatic rings. The molecule has 0 atom stereocenters. The first-order chi connectivity index (χ1) is 18.2. The molecule has 0 unspecified atom stereocenters. The highest BCUT2D eigenvalue weighted by Gasteiger charge is 2.16. The van der Waals surface area contributed by atoms with Crippen LogP contribution in [0.3, 0.4) is 0 Å². The first-order valence-corrected chi connectivity index (χ1v) is 14.9. The molecule has 4 aromatic rings. The maximum Gasteiger partial charge on any atom is 0.155 e. The van der Waals surface area contributed by atoms with E-state index in [9.17, 15) is 0 Å². The average molecular weight is 553 g/mol. The quantitative estimate of drug-likeness (QED) is 0.222. The van der Waals surface area contributed by atoms with Crippen molar-refractivity contribution in [3.8, 4) is 9.75 Å². The molecule has 5 rings (SSSR count). The zero-order chi connectivity index (χ0) is 25.5. The largest absolute Gasteiger partial charge is 0.369 e. The van der Waals surface area contributed by atoms with E-state index in [1.54, 1.807) is 22.7 Å². The van der Waals surface area contributed by atoms with E-state index in [4.69, 9.17) is 27.3 Å². The average Bonchev–Trinajstić information content (AvgIpc) is 3.61. The zero-order valence-corrected chi connectivity index (χ0v) is 23.3. The monoisotopic (exact) mass is 552 g/mol. The second-order valence-electron chi connectivity index (χ2n) is 9.21. The second kappa shape index (κ2) is 13.0. The van der Waals surface area contributed by atoms with Gasteiger partial charge in [-0.05, 0) is 86.4 Å². The van der Waals surface area contributed by atoms with Gasteiger partial charge in [0, 0.05) is 57.8 Å². The second-order valence-corrected chi connectivity index (χ2v) is 11.7. The molecule has 9 heteroatoms. The summed E-state index contributed by atoms with van der Waals surface area (Å²) in [6.45, 7) is 8.38. The van der Waals surface area contributed by atoms with Crippen molar-refractivity contribution >= 4 is 63.1 Å². The van der Waals surface area contributed by atoms with E-state index in [0.29, 0.717) is 10.8 Å². The van der Waals surface area contributed by atoms with Crippen molar-refractivity contribution < 1.29 is 0 Å². The van der Waals surface area contributed by atoms with Gasteiger partial charge in [-0.3, -0.25) is 0 Å². The molecule has 3 N–H and O–H groups in total. The fraction of sp³-hybridized carbons (Fsp3) is 0.357. The number of thiophene rings is 2. The number of rotatable bonds is 11. The van der Waals surface area contributed by atoms with E-state index < -0.39 is 0 Å². The molecule has 37 heavy (non-hydrogen) atoms. The van der Waals surface area contributed by atoms with Crippen LogP contribution in [0.2, 0.25) is 5.02 Å². The van der Waals surface area contributed by atoms with Crippen molar-refractivity contribution in [3.63, 3.8) is 0 Å². The molecular formula is C28H33ClN6S2. The molecule has 1 fully saturated rings. The van der Waals surface area contributed by atoms with Gasteiger partial charge in [0.05, 0.1) is 5.52 Å². The Bertz CT molecular complexity index is 1310. The molecule has 0 radical (unpaired) electrons. The molecular weight excluding hydrogens is 520 g/mol. The van der Waals surface area contributed by atoms with Crippen LogP contribution in [0.25, 0.3) is 32.8 Å². The van der Waals surface area contributed by atoms with Crippen molar-refractivity contribution in [2.75, 3.05) is 57.7 Å². The number of nitrogens with two attached hydrogens (primary N) is 1. The van der Waals surface area contributed by atoms with Gasteiger partial charge in [0.1, 0.15) is 5.82 Å². The third-order valence-electron chi connectivity index (χ3n) is 6.55. The minimum atomic E-state index is 0.677. The van der Waals surface area contributed by atoms with Crippen LogP contribution in [-0.4, -0.2) is 72.1 Å². The number of piperazine rings is 1. The summed E-state index contributed by atoms with van der Waals surface area (Å²) in [5.41, 5.74) is 6.50. The van der Waals surface area contributed by atoms with Crippen LogP contribution < -0.4 is 11.1 Å². The number of nitrogens with one attached hydrogen (secondary N) is 1. The van der Waals surface area contributed by atoms with Gasteiger partial charge in [0.25, 0.3) is 0 Å². The lowest BCUT2D eigenvalue weighted by Gasteiger charge is -2.34. The number of halogens is 1. The number of fused-ring (bicyclic) bond motifs is 1. The molecule has 6 nitrogen and oxygen atoms in total. The van der Waals surface area contributed by atoms with Gasteiger partial charge in [0.2, 0.25) is 0 Å². The standard InChI is InChI=1S/C28H33ClN6S2/c29-21-5-8-23-24(20-21)32-27(10-7-22-6-9-26(37-22)25-4-1-19-36-25)33-28(23)31-12-3-14-35-17-15-34(16-18-35)13-2-11-30/h1,4-10,19-20H,2-3,11-18,30H2,(H,31,32,33). The maximum absolute atomic E-state index is 6.29. The lowest BCUT2D eigenvalue weighted by molar-refractivity contribution is 0.132. The fourth-order valence-electron chi connectivity index (χ4n) is 4.54. The molecule has 0 aliphatic carbocycles. The zero-order valence-electron chi connectivity index (χ0n) is 20.9. The Morgan fingerprint density at radius 1 is 0.946 bits per heavy atom. The van der Waals surface area contributed by atoms with Gasteiger partial charge in [-0.15, -0.1) is 22.7 Å². The number of nitrogens with zero attached hydrogens (tertiary/aromatic N) is 4. The summed E-state index contributed by atoms with van der Waals surface area (Å²) in [6.07, 6.45) is 6.22. The Labute approximate surface area is 231 Å². The molecule has 194 valence electrons. The van der Waals surface area contributed by atoms with E-state index >= 15 is 0 Å². The summed E-state index contributed by atoms with van der Waals surface area (Å²) in [4.78, 5) is 18.4. The number of hydrogen-bond donors (Lipinski definition) is 2. The van der Waals surface area contributed by atoms with E-state index in [1.807, 2.05) is 24.3 Å². The summed E-state index contributed by atoms with van der Waals surface area (Å²) >= 11 is 9.82. The molecule has 0 amide bonds. The Kier molecular flexibility index (Phi) is 9.20. The molecule has 1 saturated heterocycles. The van der Waals surface area contributed by atoms with Crippen LogP contribution in [0.4, 0.5) is 5.82 Å². The maximum atomic E-state index is 6.29. The number of anilines is 1. The molecule has 3 aromatic heterocycles. The van der Waals surface area contributed by atoms with Crippen LogP contribution >= 0.6 is 34.3 Å². The number of aromatic nitrogens is 2. The molecule has 0 bridgehead atoms. The predicted octanol–water partition coefficient (Wildman–Crippen LogP) is 6.01. The SMILES string of the molecule is NCCCN1CCN(CCCNc2nc(C=Cc3ccc(-c4cccs4)s3)nc3cc(Cl)ccc23)CC1. The van der Waals surface area contributed by atoms with E-state index in [-0.39, 0.29) is 0 Å². The Hall–Kier alpha value is -2.33. The molecule has 1 aromatic carbocycles. The van der Waals surface area contributed by atoms with Gasteiger partial charge in [-0.25, -0.2) is 9.97 Å². The molecule has 0 spiro atoms. The van der Waals surface area contributed by atoms with Crippen LogP contribution in [-0.2, 0) is 0 Å². The van der Waals surface area contributed by atoms with Gasteiger partial charge < -0.3 is 20.9 Å². The van der Waals surface area contributed by atoms with Gasteiger partial charge in [-0.1, -0.05) is 17.7 Å². The highest BCUT2D eigenvalue weighted by Crippen LogP contribution is 2.32. The Morgan fingerprint density at radius 3 is 2.51 bits per heavy atom. The van der Waals surface area contributed by atoms with Gasteiger partial charge in [-0.2, -0.15) is 0 Å². The fourth-order valence-corrected chi connectivity index (χ4v) is 6.45. The smallest absolute Gasteiger partial charge is 0.155 e. The number of benzene rings is 1. The highest BCUT2D eigenvalue weighted by molar-refractivity contribution is 7.21. The first kappa shape index (κ1) is 26.3. The Morgan fingerprint density at radius 2 is 1.76 bits per heavy atom. The molecule has 4 heterocycles. The highest BCUT2D eigenvalue weighted by atomic mass is 35.5. The van der Waals surface area contributed by atoms with Gasteiger partial charge in [0.15, 0.2) is 5.82 Å². The Balaban J connectivity index is 1.21.